The molecule has 1 aromatic rings. The van der Waals surface area contributed by atoms with Crippen LogP contribution in [0.1, 0.15) is 20.8 Å². The van der Waals surface area contributed by atoms with Crippen LogP contribution in [0.5, 0.6) is 0 Å². The lowest BCUT2D eigenvalue weighted by atomic mass is 10.2. The van der Waals surface area contributed by atoms with E-state index in [1.807, 2.05) is 0 Å². The van der Waals surface area contributed by atoms with E-state index in [0.29, 0.717) is 0 Å². The van der Waals surface area contributed by atoms with Crippen LogP contribution in [-0.2, 0) is 14.8 Å². The molecule has 0 aliphatic heterocycles. The number of primary sulfonamides is 1. The van der Waals surface area contributed by atoms with Crippen molar-refractivity contribution in [1.82, 2.24) is 0 Å². The topological polar surface area (TPSA) is 98.5 Å². The minimum atomic E-state index is -3.83. The first-order chi connectivity index (χ1) is 8.49. The molecule has 0 fully saturated rings. The lowest BCUT2D eigenvalue weighted by Gasteiger charge is -2.20. The first-order valence-corrected chi connectivity index (χ1v) is 7.24. The lowest BCUT2D eigenvalue weighted by Crippen LogP contribution is -2.27. The first kappa shape index (κ1) is 15.7. The molecule has 1 aromatic carbocycles. The second-order valence-electron chi connectivity index (χ2n) is 4.81. The number of sulfonamides is 1. The second-order valence-corrected chi connectivity index (χ2v) is 6.78. The molecule has 3 N–H and O–H groups in total. The maximum Gasteiger partial charge on any atom is 0.412 e. The van der Waals surface area contributed by atoms with E-state index in [4.69, 9.17) is 21.5 Å². The van der Waals surface area contributed by atoms with Gasteiger partial charge in [-0.15, -0.1) is 0 Å². The summed E-state index contributed by atoms with van der Waals surface area (Å²) in [5, 5.41) is 7.43. The Morgan fingerprint density at radius 3 is 2.37 bits per heavy atom. The molecule has 106 valence electrons. The number of hydrogen-bond donors (Lipinski definition) is 2. The Morgan fingerprint density at radius 1 is 1.37 bits per heavy atom. The van der Waals surface area contributed by atoms with E-state index in [2.05, 4.69) is 5.32 Å². The summed E-state index contributed by atoms with van der Waals surface area (Å²) in [5.74, 6) is 0. The Bertz CT molecular complexity index is 593. The Labute approximate surface area is 116 Å². The van der Waals surface area contributed by atoms with Gasteiger partial charge in [0.05, 0.1) is 15.6 Å². The number of nitrogens with two attached hydrogens (primary N) is 1. The molecule has 1 rings (SSSR count). The molecule has 0 unspecified atom stereocenters. The molecule has 0 aliphatic rings. The van der Waals surface area contributed by atoms with Crippen molar-refractivity contribution in [3.63, 3.8) is 0 Å². The average Bonchev–Trinajstić information content (AvgIpc) is 2.16. The Kier molecular flexibility index (Phi) is 4.44. The van der Waals surface area contributed by atoms with Gasteiger partial charge in [0.15, 0.2) is 0 Å². The molecule has 0 saturated carbocycles. The molecule has 0 aromatic heterocycles. The third-order valence-electron chi connectivity index (χ3n) is 1.90. The van der Waals surface area contributed by atoms with Gasteiger partial charge in [-0.2, -0.15) is 0 Å². The zero-order valence-corrected chi connectivity index (χ0v) is 12.3. The summed E-state index contributed by atoms with van der Waals surface area (Å²) in [4.78, 5) is 11.4. The van der Waals surface area contributed by atoms with Gasteiger partial charge in [0.1, 0.15) is 5.60 Å². The fourth-order valence-corrected chi connectivity index (χ4v) is 2.02. The summed E-state index contributed by atoms with van der Waals surface area (Å²) < 4.78 is 27.3. The molecule has 19 heavy (non-hydrogen) atoms. The van der Waals surface area contributed by atoms with Gasteiger partial charge in [-0.05, 0) is 39.0 Å². The number of carbonyl (C=O) groups is 1. The molecule has 0 saturated heterocycles. The first-order valence-electron chi connectivity index (χ1n) is 5.31. The van der Waals surface area contributed by atoms with Gasteiger partial charge in [0.2, 0.25) is 10.0 Å². The van der Waals surface area contributed by atoms with E-state index in [1.54, 1.807) is 20.8 Å². The fourth-order valence-electron chi connectivity index (χ4n) is 1.19. The molecular weight excluding hydrogens is 292 g/mol. The van der Waals surface area contributed by atoms with Crippen LogP contribution in [0.2, 0.25) is 5.02 Å². The molecule has 8 heteroatoms. The number of halogens is 1. The number of anilines is 1. The van der Waals surface area contributed by atoms with Gasteiger partial charge >= 0.3 is 6.09 Å². The summed E-state index contributed by atoms with van der Waals surface area (Å²) in [7, 11) is -3.83. The minimum absolute atomic E-state index is 0.0531. The molecule has 6 nitrogen and oxygen atoms in total. The SMILES string of the molecule is CC(C)(C)OC(=O)Nc1ccc(S(N)(=O)=O)cc1Cl. The molecule has 0 radical (unpaired) electrons. The van der Waals surface area contributed by atoms with Crippen LogP contribution in [0, 0.1) is 0 Å². The molecule has 0 atom stereocenters. The number of amides is 1. The van der Waals surface area contributed by atoms with Gasteiger partial charge in [-0.3, -0.25) is 5.32 Å². The molecular formula is C11H15ClN2O4S. The van der Waals surface area contributed by atoms with Gasteiger partial charge in [0, 0.05) is 0 Å². The summed E-state index contributed by atoms with van der Waals surface area (Å²) in [6, 6.07) is 3.74. The van der Waals surface area contributed by atoms with E-state index >= 15 is 0 Å². The maximum absolute atomic E-state index is 11.5. The highest BCUT2D eigenvalue weighted by atomic mass is 35.5. The van der Waals surface area contributed by atoms with Crippen LogP contribution >= 0.6 is 11.6 Å². The molecule has 1 amide bonds. The number of nitrogens with one attached hydrogen (secondary N) is 1. The number of rotatable bonds is 2. The van der Waals surface area contributed by atoms with E-state index in [9.17, 15) is 13.2 Å². The highest BCUT2D eigenvalue weighted by Crippen LogP contribution is 2.25. The van der Waals surface area contributed by atoms with Crippen molar-refractivity contribution in [2.75, 3.05) is 5.32 Å². The molecule has 0 spiro atoms. The van der Waals surface area contributed by atoms with Crippen LogP contribution in [0.3, 0.4) is 0 Å². The third-order valence-corrected chi connectivity index (χ3v) is 3.13. The average molecular weight is 307 g/mol. The van der Waals surface area contributed by atoms with Crippen molar-refractivity contribution in [3.8, 4) is 0 Å². The Morgan fingerprint density at radius 2 is 1.95 bits per heavy atom. The summed E-state index contributed by atoms with van der Waals surface area (Å²) in [5.41, 5.74) is -0.403. The maximum atomic E-state index is 11.5. The molecule has 0 aliphatic carbocycles. The minimum Gasteiger partial charge on any atom is -0.444 e. The smallest absolute Gasteiger partial charge is 0.412 e. The number of benzene rings is 1. The van der Waals surface area contributed by atoms with E-state index < -0.39 is 21.7 Å². The van der Waals surface area contributed by atoms with Crippen LogP contribution in [0.4, 0.5) is 10.5 Å². The number of ether oxygens (including phenoxy) is 1. The predicted molar refractivity (Wildman–Crippen MR) is 72.7 cm³/mol. The van der Waals surface area contributed by atoms with E-state index in [0.717, 1.165) is 6.07 Å². The van der Waals surface area contributed by atoms with Gasteiger partial charge in [-0.25, -0.2) is 18.4 Å². The zero-order chi connectivity index (χ0) is 14.8. The van der Waals surface area contributed by atoms with Crippen molar-refractivity contribution in [2.45, 2.75) is 31.3 Å². The Hall–Kier alpha value is -1.31. The van der Waals surface area contributed by atoms with Crippen molar-refractivity contribution >= 4 is 33.4 Å². The summed E-state index contributed by atoms with van der Waals surface area (Å²) in [6.45, 7) is 5.16. The van der Waals surface area contributed by atoms with Crippen molar-refractivity contribution in [2.24, 2.45) is 5.14 Å². The van der Waals surface area contributed by atoms with Crippen LogP contribution in [0.25, 0.3) is 0 Å². The highest BCUT2D eigenvalue weighted by Gasteiger charge is 2.18. The largest absolute Gasteiger partial charge is 0.444 e. The van der Waals surface area contributed by atoms with Gasteiger partial charge < -0.3 is 4.74 Å². The predicted octanol–water partition coefficient (Wildman–Crippen LogP) is 2.33. The van der Waals surface area contributed by atoms with E-state index in [1.165, 1.54) is 12.1 Å². The van der Waals surface area contributed by atoms with Crippen LogP contribution in [-0.4, -0.2) is 20.1 Å². The molecule has 0 heterocycles. The zero-order valence-electron chi connectivity index (χ0n) is 10.7. The monoisotopic (exact) mass is 306 g/mol. The number of hydrogen-bond acceptors (Lipinski definition) is 4. The normalized spacial score (nSPS) is 12.1. The van der Waals surface area contributed by atoms with Crippen molar-refractivity contribution < 1.29 is 17.9 Å². The third kappa shape index (κ3) is 5.06. The summed E-state index contributed by atoms with van der Waals surface area (Å²) in [6.07, 6.45) is -0.683. The van der Waals surface area contributed by atoms with Crippen molar-refractivity contribution in [3.05, 3.63) is 23.2 Å². The lowest BCUT2D eigenvalue weighted by molar-refractivity contribution is 0.0636. The van der Waals surface area contributed by atoms with Crippen molar-refractivity contribution in [1.29, 1.82) is 0 Å². The second kappa shape index (κ2) is 5.36. The van der Waals surface area contributed by atoms with Gasteiger partial charge in [-0.1, -0.05) is 11.6 Å². The quantitative estimate of drug-likeness (QED) is 0.876. The fraction of sp³-hybridized carbons (Fsp3) is 0.364. The van der Waals surface area contributed by atoms with Crippen LogP contribution < -0.4 is 10.5 Å². The van der Waals surface area contributed by atoms with Gasteiger partial charge in [0.25, 0.3) is 0 Å². The van der Waals surface area contributed by atoms with Crippen LogP contribution in [0.15, 0.2) is 23.1 Å². The number of carbonyl (C=O) groups excluding carboxylic acids is 1. The molecule has 0 bridgehead atoms. The standard InChI is InChI=1S/C11H15ClN2O4S/c1-11(2,3)18-10(15)14-9-5-4-7(6-8(9)12)19(13,16)17/h4-6H,1-3H3,(H,14,15)(H2,13,16,17). The van der Waals surface area contributed by atoms with E-state index in [-0.39, 0.29) is 15.6 Å². The Balaban J connectivity index is 2.90. The summed E-state index contributed by atoms with van der Waals surface area (Å²) >= 11 is 5.86. The highest BCUT2D eigenvalue weighted by molar-refractivity contribution is 7.89.